The number of aryl methyl sites for hydroxylation is 1. The number of amides is 3. The van der Waals surface area contributed by atoms with Crippen LogP contribution >= 0.6 is 0 Å². The van der Waals surface area contributed by atoms with Gasteiger partial charge in [0, 0.05) is 29.8 Å². The summed E-state index contributed by atoms with van der Waals surface area (Å²) in [7, 11) is 0. The SMILES string of the molecule is Cc1cc([N+](=O)[O-])ccc1C(=O)Nc1ccc(CC2CC(=O)NC2=O)cc1. The van der Waals surface area contributed by atoms with Crippen LogP contribution in [0.2, 0.25) is 0 Å². The third kappa shape index (κ3) is 4.17. The maximum absolute atomic E-state index is 12.4. The molecule has 8 heteroatoms. The van der Waals surface area contributed by atoms with E-state index >= 15 is 0 Å². The van der Waals surface area contributed by atoms with Gasteiger partial charge in [-0.2, -0.15) is 0 Å². The summed E-state index contributed by atoms with van der Waals surface area (Å²) in [6, 6.07) is 11.1. The van der Waals surface area contributed by atoms with Crippen molar-refractivity contribution in [1.29, 1.82) is 0 Å². The van der Waals surface area contributed by atoms with Gasteiger partial charge in [-0.25, -0.2) is 0 Å². The molecular weight excluding hydrogens is 350 g/mol. The van der Waals surface area contributed by atoms with E-state index in [0.29, 0.717) is 23.2 Å². The molecule has 3 rings (SSSR count). The molecule has 3 amide bonds. The van der Waals surface area contributed by atoms with E-state index in [4.69, 9.17) is 0 Å². The lowest BCUT2D eigenvalue weighted by Crippen LogP contribution is -2.22. The molecule has 1 aliphatic rings. The number of nitrogens with one attached hydrogen (secondary N) is 2. The normalized spacial score (nSPS) is 16.1. The number of non-ortho nitro benzene ring substituents is 1. The zero-order chi connectivity index (χ0) is 19.6. The number of carbonyl (C=O) groups is 3. The lowest BCUT2D eigenvalue weighted by molar-refractivity contribution is -0.384. The van der Waals surface area contributed by atoms with Gasteiger partial charge in [-0.15, -0.1) is 0 Å². The molecule has 1 saturated heterocycles. The van der Waals surface area contributed by atoms with Crippen LogP contribution in [0.3, 0.4) is 0 Å². The summed E-state index contributed by atoms with van der Waals surface area (Å²) in [4.78, 5) is 45.5. The Kier molecular flexibility index (Phi) is 4.98. The van der Waals surface area contributed by atoms with E-state index in [1.165, 1.54) is 18.2 Å². The van der Waals surface area contributed by atoms with Crippen LogP contribution in [0, 0.1) is 23.0 Å². The Labute approximate surface area is 154 Å². The van der Waals surface area contributed by atoms with Gasteiger partial charge in [-0.05, 0) is 42.7 Å². The highest BCUT2D eigenvalue weighted by Gasteiger charge is 2.30. The fourth-order valence-corrected chi connectivity index (χ4v) is 3.00. The molecule has 0 spiro atoms. The molecule has 138 valence electrons. The zero-order valence-corrected chi connectivity index (χ0v) is 14.5. The Balaban J connectivity index is 1.66. The monoisotopic (exact) mass is 367 g/mol. The molecule has 1 fully saturated rings. The number of nitrogens with zero attached hydrogens (tertiary/aromatic N) is 1. The van der Waals surface area contributed by atoms with Gasteiger partial charge < -0.3 is 5.32 Å². The molecule has 8 nitrogen and oxygen atoms in total. The van der Waals surface area contributed by atoms with Crippen LogP contribution in [0.5, 0.6) is 0 Å². The smallest absolute Gasteiger partial charge is 0.269 e. The molecule has 0 saturated carbocycles. The van der Waals surface area contributed by atoms with Gasteiger partial charge in [-0.3, -0.25) is 29.8 Å². The number of hydrogen-bond donors (Lipinski definition) is 2. The maximum Gasteiger partial charge on any atom is 0.269 e. The van der Waals surface area contributed by atoms with Crippen molar-refractivity contribution >= 4 is 29.1 Å². The number of nitro benzene ring substituents is 1. The summed E-state index contributed by atoms with van der Waals surface area (Å²) in [5, 5.41) is 15.8. The van der Waals surface area contributed by atoms with Crippen LogP contribution in [0.25, 0.3) is 0 Å². The van der Waals surface area contributed by atoms with Gasteiger partial charge in [0.15, 0.2) is 0 Å². The molecule has 27 heavy (non-hydrogen) atoms. The van der Waals surface area contributed by atoms with Crippen molar-refractivity contribution in [1.82, 2.24) is 5.32 Å². The molecule has 0 aromatic heterocycles. The van der Waals surface area contributed by atoms with Crippen molar-refractivity contribution < 1.29 is 19.3 Å². The number of benzene rings is 2. The van der Waals surface area contributed by atoms with Crippen molar-refractivity contribution in [2.75, 3.05) is 5.32 Å². The number of rotatable bonds is 5. The molecular formula is C19H17N3O5. The summed E-state index contributed by atoms with van der Waals surface area (Å²) in [6.45, 7) is 1.64. The van der Waals surface area contributed by atoms with Gasteiger partial charge in [0.05, 0.1) is 10.8 Å². The highest BCUT2D eigenvalue weighted by molar-refractivity contribution is 6.05. The summed E-state index contributed by atoms with van der Waals surface area (Å²) < 4.78 is 0. The second kappa shape index (κ2) is 7.36. The Hall–Kier alpha value is -3.55. The highest BCUT2D eigenvalue weighted by Crippen LogP contribution is 2.21. The summed E-state index contributed by atoms with van der Waals surface area (Å²) in [6.07, 6.45) is 0.643. The Morgan fingerprint density at radius 1 is 1.22 bits per heavy atom. The summed E-state index contributed by atoms with van der Waals surface area (Å²) in [5.41, 5.74) is 2.24. The van der Waals surface area contributed by atoms with Crippen molar-refractivity contribution in [3.63, 3.8) is 0 Å². The first-order chi connectivity index (χ1) is 12.8. The Morgan fingerprint density at radius 3 is 2.48 bits per heavy atom. The van der Waals surface area contributed by atoms with E-state index in [1.807, 2.05) is 0 Å². The lowest BCUT2D eigenvalue weighted by atomic mass is 9.98. The average Bonchev–Trinajstić information content (AvgIpc) is 2.93. The third-order valence-electron chi connectivity index (χ3n) is 4.42. The average molecular weight is 367 g/mol. The quantitative estimate of drug-likeness (QED) is 0.478. The zero-order valence-electron chi connectivity index (χ0n) is 14.5. The first kappa shape index (κ1) is 18.2. The third-order valence-corrected chi connectivity index (χ3v) is 4.42. The van der Waals surface area contributed by atoms with E-state index in [-0.39, 0.29) is 35.7 Å². The van der Waals surface area contributed by atoms with Crippen LogP contribution in [0.1, 0.15) is 27.9 Å². The molecule has 1 unspecified atom stereocenters. The molecule has 0 bridgehead atoms. The number of hydrogen-bond acceptors (Lipinski definition) is 5. The van der Waals surface area contributed by atoms with Crippen molar-refractivity contribution in [2.24, 2.45) is 5.92 Å². The number of carbonyl (C=O) groups excluding carboxylic acids is 3. The Morgan fingerprint density at radius 2 is 1.93 bits per heavy atom. The topological polar surface area (TPSA) is 118 Å². The van der Waals surface area contributed by atoms with Crippen LogP contribution in [0.15, 0.2) is 42.5 Å². The maximum atomic E-state index is 12.4. The molecule has 2 aromatic carbocycles. The van der Waals surface area contributed by atoms with E-state index in [2.05, 4.69) is 10.6 Å². The van der Waals surface area contributed by atoms with Gasteiger partial charge in [-0.1, -0.05) is 12.1 Å². The van der Waals surface area contributed by atoms with Gasteiger partial charge >= 0.3 is 0 Å². The summed E-state index contributed by atoms with van der Waals surface area (Å²) >= 11 is 0. The van der Waals surface area contributed by atoms with Gasteiger partial charge in [0.25, 0.3) is 11.6 Å². The van der Waals surface area contributed by atoms with E-state index in [9.17, 15) is 24.5 Å². The van der Waals surface area contributed by atoms with Crippen molar-refractivity contribution in [2.45, 2.75) is 19.8 Å². The summed E-state index contributed by atoms with van der Waals surface area (Å²) in [5.74, 6) is -1.24. The van der Waals surface area contributed by atoms with E-state index < -0.39 is 4.92 Å². The first-order valence-electron chi connectivity index (χ1n) is 8.32. The van der Waals surface area contributed by atoms with Gasteiger partial charge in [0.2, 0.25) is 11.8 Å². The molecule has 1 atom stereocenters. The van der Waals surface area contributed by atoms with Crippen LogP contribution < -0.4 is 10.6 Å². The number of anilines is 1. The predicted octanol–water partition coefficient (Wildman–Crippen LogP) is 2.36. The van der Waals surface area contributed by atoms with Crippen LogP contribution in [0.4, 0.5) is 11.4 Å². The minimum atomic E-state index is -0.508. The van der Waals surface area contributed by atoms with E-state index in [1.54, 1.807) is 31.2 Å². The fourth-order valence-electron chi connectivity index (χ4n) is 3.00. The number of imide groups is 1. The number of nitro groups is 1. The first-order valence-corrected chi connectivity index (χ1v) is 8.32. The Bertz CT molecular complexity index is 937. The second-order valence-electron chi connectivity index (χ2n) is 6.42. The van der Waals surface area contributed by atoms with E-state index in [0.717, 1.165) is 5.56 Å². The van der Waals surface area contributed by atoms with Crippen LogP contribution in [-0.2, 0) is 16.0 Å². The highest BCUT2D eigenvalue weighted by atomic mass is 16.6. The minimum Gasteiger partial charge on any atom is -0.322 e. The molecule has 0 radical (unpaired) electrons. The molecule has 2 N–H and O–H groups in total. The van der Waals surface area contributed by atoms with Crippen molar-refractivity contribution in [3.05, 3.63) is 69.3 Å². The fraction of sp³-hybridized carbons (Fsp3) is 0.211. The minimum absolute atomic E-state index is 0.0668. The standard InChI is InChI=1S/C19H17N3O5/c1-11-8-15(22(26)27)6-7-16(11)19(25)20-14-4-2-12(3-5-14)9-13-10-17(23)21-18(13)24/h2-8,13H,9-10H2,1H3,(H,20,25)(H,21,23,24). The van der Waals surface area contributed by atoms with Crippen molar-refractivity contribution in [3.8, 4) is 0 Å². The largest absolute Gasteiger partial charge is 0.322 e. The molecule has 1 heterocycles. The second-order valence-corrected chi connectivity index (χ2v) is 6.42. The molecule has 2 aromatic rings. The van der Waals surface area contributed by atoms with Crippen LogP contribution in [-0.4, -0.2) is 22.6 Å². The molecule has 1 aliphatic heterocycles. The lowest BCUT2D eigenvalue weighted by Gasteiger charge is -2.10. The van der Waals surface area contributed by atoms with Gasteiger partial charge in [0.1, 0.15) is 0 Å². The predicted molar refractivity (Wildman–Crippen MR) is 97.2 cm³/mol. The molecule has 0 aliphatic carbocycles.